The van der Waals surface area contributed by atoms with Crippen LogP contribution < -0.4 is 9.46 Å². The number of carboxylic acids is 1. The van der Waals surface area contributed by atoms with Gasteiger partial charge in [0.1, 0.15) is 29.1 Å². The van der Waals surface area contributed by atoms with Gasteiger partial charge in [0.05, 0.1) is 6.61 Å². The lowest BCUT2D eigenvalue weighted by Crippen LogP contribution is -2.41. The number of hydrogen-bond acceptors (Lipinski definition) is 5. The van der Waals surface area contributed by atoms with Crippen LogP contribution in [0.3, 0.4) is 0 Å². The third-order valence-electron chi connectivity index (χ3n) is 3.04. The van der Waals surface area contributed by atoms with E-state index in [0.29, 0.717) is 0 Å². The number of halogens is 1. The average molecular weight is 363 g/mol. The van der Waals surface area contributed by atoms with Gasteiger partial charge in [0.2, 0.25) is 10.0 Å². The second-order valence-electron chi connectivity index (χ2n) is 5.57. The van der Waals surface area contributed by atoms with Gasteiger partial charge in [0, 0.05) is 7.11 Å². The van der Waals surface area contributed by atoms with Gasteiger partial charge >= 0.3 is 5.97 Å². The van der Waals surface area contributed by atoms with Gasteiger partial charge < -0.3 is 14.6 Å². The maximum absolute atomic E-state index is 13.5. The number of rotatable bonds is 10. The summed E-state index contributed by atoms with van der Waals surface area (Å²) in [4.78, 5) is 10.8. The summed E-state index contributed by atoms with van der Waals surface area (Å²) in [5.41, 5.74) is 0. The fourth-order valence-electron chi connectivity index (χ4n) is 1.97. The van der Waals surface area contributed by atoms with Crippen LogP contribution >= 0.6 is 0 Å². The van der Waals surface area contributed by atoms with Crippen molar-refractivity contribution in [3.05, 3.63) is 24.0 Å². The molecule has 0 bridgehead atoms. The van der Waals surface area contributed by atoms with Crippen molar-refractivity contribution < 1.29 is 32.2 Å². The van der Waals surface area contributed by atoms with Crippen molar-refractivity contribution in [2.24, 2.45) is 5.92 Å². The number of carboxylic acid groups (broad SMARTS) is 1. The van der Waals surface area contributed by atoms with E-state index >= 15 is 0 Å². The largest absolute Gasteiger partial charge is 0.490 e. The topological polar surface area (TPSA) is 102 Å². The molecular formula is C15H22FNO6S. The molecule has 9 heteroatoms. The number of aliphatic carboxylic acids is 1. The Hall–Kier alpha value is -1.71. The Labute approximate surface area is 140 Å². The Bertz CT molecular complexity index is 662. The monoisotopic (exact) mass is 363 g/mol. The molecule has 24 heavy (non-hydrogen) atoms. The Morgan fingerprint density at radius 3 is 2.54 bits per heavy atom. The second-order valence-corrected chi connectivity index (χ2v) is 7.26. The van der Waals surface area contributed by atoms with Gasteiger partial charge in [-0.25, -0.2) is 12.8 Å². The molecule has 0 saturated heterocycles. The average Bonchev–Trinajstić information content (AvgIpc) is 2.47. The number of carbonyl (C=O) groups is 1. The third-order valence-corrected chi connectivity index (χ3v) is 4.54. The minimum Gasteiger partial charge on any atom is -0.490 e. The summed E-state index contributed by atoms with van der Waals surface area (Å²) in [7, 11) is -2.82. The lowest BCUT2D eigenvalue weighted by molar-refractivity contribution is -0.139. The van der Waals surface area contributed by atoms with Crippen molar-refractivity contribution >= 4 is 16.0 Å². The molecule has 0 aliphatic rings. The van der Waals surface area contributed by atoms with Crippen LogP contribution in [0.1, 0.15) is 20.3 Å². The van der Waals surface area contributed by atoms with E-state index in [1.807, 2.05) is 0 Å². The standard InChI is InChI=1S/C15H22FNO6S/c1-10(2)8-12(15(18)19)17-24(20,21)14-9-11(16)4-5-13(14)23-7-6-22-3/h4-5,9-10,12,17H,6-8H2,1-3H3,(H,18,19). The zero-order chi connectivity index (χ0) is 18.3. The van der Waals surface area contributed by atoms with Crippen molar-refractivity contribution in [3.63, 3.8) is 0 Å². The highest BCUT2D eigenvalue weighted by atomic mass is 32.2. The van der Waals surface area contributed by atoms with Crippen LogP contribution in [0.15, 0.2) is 23.1 Å². The van der Waals surface area contributed by atoms with E-state index < -0.39 is 32.7 Å². The zero-order valence-electron chi connectivity index (χ0n) is 13.8. The van der Waals surface area contributed by atoms with Crippen molar-refractivity contribution in [1.29, 1.82) is 0 Å². The summed E-state index contributed by atoms with van der Waals surface area (Å²) in [6.45, 7) is 3.83. The second kappa shape index (κ2) is 8.95. The molecule has 0 saturated carbocycles. The quantitative estimate of drug-likeness (QED) is 0.613. The molecule has 136 valence electrons. The number of nitrogens with one attached hydrogen (secondary N) is 1. The lowest BCUT2D eigenvalue weighted by atomic mass is 10.1. The van der Waals surface area contributed by atoms with E-state index in [2.05, 4.69) is 4.72 Å². The van der Waals surface area contributed by atoms with Crippen LogP contribution in [0.5, 0.6) is 5.75 Å². The maximum Gasteiger partial charge on any atom is 0.321 e. The fraction of sp³-hybridized carbons (Fsp3) is 0.533. The molecule has 0 amide bonds. The van der Waals surface area contributed by atoms with Gasteiger partial charge in [-0.15, -0.1) is 0 Å². The molecule has 7 nitrogen and oxygen atoms in total. The summed E-state index contributed by atoms with van der Waals surface area (Å²) >= 11 is 0. The molecule has 1 aromatic rings. The van der Waals surface area contributed by atoms with E-state index in [-0.39, 0.29) is 31.3 Å². The van der Waals surface area contributed by atoms with Crippen molar-refractivity contribution in [3.8, 4) is 5.75 Å². The molecule has 0 fully saturated rings. The van der Waals surface area contributed by atoms with Gasteiger partial charge in [0.15, 0.2) is 0 Å². The third kappa shape index (κ3) is 6.06. The minimum atomic E-state index is -4.28. The highest BCUT2D eigenvalue weighted by molar-refractivity contribution is 7.89. The van der Waals surface area contributed by atoms with Gasteiger partial charge in [-0.3, -0.25) is 4.79 Å². The molecule has 0 aromatic heterocycles. The fourth-order valence-corrected chi connectivity index (χ4v) is 3.33. The summed E-state index contributed by atoms with van der Waals surface area (Å²) < 4.78 is 50.6. The predicted molar refractivity (Wildman–Crippen MR) is 85.0 cm³/mol. The highest BCUT2D eigenvalue weighted by Gasteiger charge is 2.28. The first-order chi connectivity index (χ1) is 11.2. The number of ether oxygens (including phenoxy) is 2. The molecular weight excluding hydrogens is 341 g/mol. The summed E-state index contributed by atoms with van der Waals surface area (Å²) in [6.07, 6.45) is 0.101. The smallest absolute Gasteiger partial charge is 0.321 e. The van der Waals surface area contributed by atoms with Crippen LogP contribution in [0.2, 0.25) is 0 Å². The van der Waals surface area contributed by atoms with Gasteiger partial charge in [-0.2, -0.15) is 4.72 Å². The maximum atomic E-state index is 13.5. The molecule has 1 unspecified atom stereocenters. The van der Waals surface area contributed by atoms with Crippen molar-refractivity contribution in [1.82, 2.24) is 4.72 Å². The summed E-state index contributed by atoms with van der Waals surface area (Å²) in [5.74, 6) is -2.19. The molecule has 0 heterocycles. The molecule has 1 aromatic carbocycles. The van der Waals surface area contributed by atoms with E-state index in [9.17, 15) is 22.7 Å². The number of hydrogen-bond donors (Lipinski definition) is 2. The van der Waals surface area contributed by atoms with Crippen molar-refractivity contribution in [2.75, 3.05) is 20.3 Å². The first-order valence-corrected chi connectivity index (χ1v) is 8.82. The zero-order valence-corrected chi connectivity index (χ0v) is 14.6. The Morgan fingerprint density at radius 2 is 2.00 bits per heavy atom. The number of sulfonamides is 1. The van der Waals surface area contributed by atoms with Gasteiger partial charge in [0.25, 0.3) is 0 Å². The van der Waals surface area contributed by atoms with Gasteiger partial charge in [-0.1, -0.05) is 13.8 Å². The van der Waals surface area contributed by atoms with E-state index in [1.165, 1.54) is 13.2 Å². The Balaban J connectivity index is 3.11. The van der Waals surface area contributed by atoms with Crippen LogP contribution in [-0.4, -0.2) is 45.9 Å². The molecule has 1 rings (SSSR count). The Morgan fingerprint density at radius 1 is 1.33 bits per heavy atom. The van der Waals surface area contributed by atoms with E-state index in [0.717, 1.165) is 12.1 Å². The van der Waals surface area contributed by atoms with Crippen LogP contribution in [-0.2, 0) is 19.6 Å². The molecule has 0 spiro atoms. The summed E-state index contributed by atoms with van der Waals surface area (Å²) in [6, 6.07) is 1.71. The predicted octanol–water partition coefficient (Wildman–Crippen LogP) is 1.63. The van der Waals surface area contributed by atoms with Crippen LogP contribution in [0, 0.1) is 11.7 Å². The normalized spacial score (nSPS) is 13.0. The van der Waals surface area contributed by atoms with Crippen LogP contribution in [0.25, 0.3) is 0 Å². The minimum absolute atomic E-state index is 0.0428. The van der Waals surface area contributed by atoms with E-state index in [1.54, 1.807) is 13.8 Å². The molecule has 0 aliphatic heterocycles. The SMILES string of the molecule is COCCOc1ccc(F)cc1S(=O)(=O)NC(CC(C)C)C(=O)O. The van der Waals surface area contributed by atoms with Gasteiger partial charge in [-0.05, 0) is 30.5 Å². The first-order valence-electron chi connectivity index (χ1n) is 7.33. The molecule has 2 N–H and O–H groups in total. The molecule has 0 radical (unpaired) electrons. The van der Waals surface area contributed by atoms with Crippen molar-refractivity contribution in [2.45, 2.75) is 31.2 Å². The number of benzene rings is 1. The lowest BCUT2D eigenvalue weighted by Gasteiger charge is -2.18. The molecule has 1 atom stereocenters. The number of methoxy groups -OCH3 is 1. The highest BCUT2D eigenvalue weighted by Crippen LogP contribution is 2.25. The van der Waals surface area contributed by atoms with Crippen LogP contribution in [0.4, 0.5) is 4.39 Å². The van der Waals surface area contributed by atoms with E-state index in [4.69, 9.17) is 9.47 Å². The molecule has 0 aliphatic carbocycles. The first kappa shape index (κ1) is 20.3. The summed E-state index contributed by atoms with van der Waals surface area (Å²) in [5, 5.41) is 9.18. The Kier molecular flexibility index (Phi) is 7.59.